The van der Waals surface area contributed by atoms with Crippen LogP contribution in [0.15, 0.2) is 0 Å². The van der Waals surface area contributed by atoms with Crippen molar-refractivity contribution in [1.82, 2.24) is 0 Å². The van der Waals surface area contributed by atoms with E-state index in [9.17, 15) is 13.6 Å². The van der Waals surface area contributed by atoms with Crippen molar-refractivity contribution in [2.75, 3.05) is 0 Å². The summed E-state index contributed by atoms with van der Waals surface area (Å²) in [5.74, 6) is -4.90. The zero-order chi connectivity index (χ0) is 11.4. The third-order valence-electron chi connectivity index (χ3n) is 4.49. The summed E-state index contributed by atoms with van der Waals surface area (Å²) < 4.78 is 27.2. The molecule has 0 heterocycles. The number of hydrogen-bond donors (Lipinski definition) is 1. The van der Waals surface area contributed by atoms with Gasteiger partial charge in [0.2, 0.25) is 0 Å². The Morgan fingerprint density at radius 1 is 1.47 bits per heavy atom. The minimum atomic E-state index is -2.78. The Hall–Kier alpha value is -0.670. The van der Waals surface area contributed by atoms with E-state index in [0.29, 0.717) is 0 Å². The first-order valence-corrected chi connectivity index (χ1v) is 5.35. The van der Waals surface area contributed by atoms with Gasteiger partial charge in [0.05, 0.1) is 6.42 Å². The first-order valence-electron chi connectivity index (χ1n) is 5.35. The van der Waals surface area contributed by atoms with E-state index in [-0.39, 0.29) is 23.7 Å². The maximum Gasteiger partial charge on any atom is 0.303 e. The summed E-state index contributed by atoms with van der Waals surface area (Å²) >= 11 is 0. The van der Waals surface area contributed by atoms with E-state index in [4.69, 9.17) is 5.11 Å². The van der Waals surface area contributed by atoms with Gasteiger partial charge in [-0.15, -0.1) is 0 Å². The summed E-state index contributed by atoms with van der Waals surface area (Å²) in [5, 5.41) is 8.67. The third kappa shape index (κ3) is 1.45. The Balaban J connectivity index is 2.20. The van der Waals surface area contributed by atoms with Gasteiger partial charge in [-0.3, -0.25) is 4.79 Å². The molecule has 0 radical (unpaired) electrons. The van der Waals surface area contributed by atoms with Gasteiger partial charge in [-0.05, 0) is 23.7 Å². The predicted molar refractivity (Wildman–Crippen MR) is 50.7 cm³/mol. The average molecular weight is 218 g/mol. The molecule has 0 aromatic rings. The van der Waals surface area contributed by atoms with Gasteiger partial charge in [-0.1, -0.05) is 13.8 Å². The maximum absolute atomic E-state index is 13.6. The van der Waals surface area contributed by atoms with Crippen molar-refractivity contribution in [3.05, 3.63) is 0 Å². The van der Waals surface area contributed by atoms with Crippen LogP contribution in [0.2, 0.25) is 0 Å². The van der Waals surface area contributed by atoms with E-state index in [1.807, 2.05) is 13.8 Å². The number of halogens is 2. The number of carboxylic acid groups (broad SMARTS) is 1. The summed E-state index contributed by atoms with van der Waals surface area (Å²) in [5.41, 5.74) is -0.0954. The number of aliphatic carboxylic acids is 1. The fourth-order valence-corrected chi connectivity index (χ4v) is 3.34. The van der Waals surface area contributed by atoms with E-state index in [1.54, 1.807) is 0 Å². The molecule has 3 aliphatic carbocycles. The highest BCUT2D eigenvalue weighted by Gasteiger charge is 2.64. The largest absolute Gasteiger partial charge is 0.481 e. The molecule has 0 aromatic carbocycles. The van der Waals surface area contributed by atoms with Gasteiger partial charge in [0, 0.05) is 12.3 Å². The second kappa shape index (κ2) is 2.92. The van der Waals surface area contributed by atoms with E-state index < -0.39 is 24.2 Å². The summed E-state index contributed by atoms with van der Waals surface area (Å²) in [6.45, 7) is 3.96. The molecular weight excluding hydrogens is 202 g/mol. The zero-order valence-corrected chi connectivity index (χ0v) is 8.96. The molecule has 3 atom stereocenters. The normalized spacial score (nSPS) is 40.7. The summed E-state index contributed by atoms with van der Waals surface area (Å²) in [7, 11) is 0. The van der Waals surface area contributed by atoms with Gasteiger partial charge in [-0.2, -0.15) is 0 Å². The van der Waals surface area contributed by atoms with Crippen molar-refractivity contribution < 1.29 is 18.7 Å². The van der Waals surface area contributed by atoms with Crippen molar-refractivity contribution in [3.63, 3.8) is 0 Å². The second-order valence-corrected chi connectivity index (χ2v) is 5.53. The van der Waals surface area contributed by atoms with Gasteiger partial charge in [0.15, 0.2) is 0 Å². The molecule has 2 bridgehead atoms. The van der Waals surface area contributed by atoms with Crippen LogP contribution in [0.4, 0.5) is 8.78 Å². The summed E-state index contributed by atoms with van der Waals surface area (Å²) in [6, 6.07) is 0. The van der Waals surface area contributed by atoms with Crippen molar-refractivity contribution in [1.29, 1.82) is 0 Å². The molecule has 0 aromatic heterocycles. The standard InChI is InChI=1S/C11H16F2O2/c1-10(2)6-3-7(10)8(4-9(14)15)11(12,13)5-6/h6-8H,3-5H2,1-2H3,(H,14,15)/t6-,7+,8+/m1/s1. The lowest BCUT2D eigenvalue weighted by molar-refractivity contribution is -0.235. The Morgan fingerprint density at radius 3 is 2.53 bits per heavy atom. The molecule has 86 valence electrons. The second-order valence-electron chi connectivity index (χ2n) is 5.53. The smallest absolute Gasteiger partial charge is 0.303 e. The number of rotatable bonds is 2. The van der Waals surface area contributed by atoms with E-state index >= 15 is 0 Å². The molecule has 3 saturated carbocycles. The molecule has 0 spiro atoms. The highest BCUT2D eigenvalue weighted by atomic mass is 19.3. The zero-order valence-electron chi connectivity index (χ0n) is 8.96. The highest BCUT2D eigenvalue weighted by molar-refractivity contribution is 5.67. The van der Waals surface area contributed by atoms with Crippen molar-refractivity contribution >= 4 is 5.97 Å². The molecule has 0 aliphatic heterocycles. The Kier molecular flexibility index (Phi) is 2.11. The van der Waals surface area contributed by atoms with Crippen molar-refractivity contribution in [3.8, 4) is 0 Å². The Bertz CT molecular complexity index is 299. The Morgan fingerprint density at radius 2 is 2.07 bits per heavy atom. The van der Waals surface area contributed by atoms with E-state index in [2.05, 4.69) is 0 Å². The lowest BCUT2D eigenvalue weighted by Crippen LogP contribution is -2.60. The summed E-state index contributed by atoms with van der Waals surface area (Å²) in [4.78, 5) is 10.6. The first-order chi connectivity index (χ1) is 6.75. The lowest BCUT2D eigenvalue weighted by atomic mass is 9.44. The molecule has 0 amide bonds. The van der Waals surface area contributed by atoms with Gasteiger partial charge in [0.1, 0.15) is 0 Å². The SMILES string of the molecule is CC1(C)[C@@H]2C[C@H]1[C@H](CC(=O)O)C(F)(F)C2. The van der Waals surface area contributed by atoms with Crippen LogP contribution in [-0.4, -0.2) is 17.0 Å². The average Bonchev–Trinajstić information content (AvgIpc) is 2.06. The minimum Gasteiger partial charge on any atom is -0.481 e. The van der Waals surface area contributed by atoms with Gasteiger partial charge in [-0.25, -0.2) is 8.78 Å². The fraction of sp³-hybridized carbons (Fsp3) is 0.909. The first kappa shape index (κ1) is 10.8. The molecular formula is C11H16F2O2. The Labute approximate surface area is 87.7 Å². The topological polar surface area (TPSA) is 37.3 Å². The molecule has 1 N–H and O–H groups in total. The molecule has 0 unspecified atom stereocenters. The van der Waals surface area contributed by atoms with Crippen LogP contribution in [0.5, 0.6) is 0 Å². The number of carboxylic acids is 1. The molecule has 0 saturated heterocycles. The number of alkyl halides is 2. The number of fused-ring (bicyclic) bond motifs is 2. The third-order valence-corrected chi connectivity index (χ3v) is 4.49. The van der Waals surface area contributed by atoms with Crippen LogP contribution in [0.3, 0.4) is 0 Å². The van der Waals surface area contributed by atoms with Crippen molar-refractivity contribution in [2.24, 2.45) is 23.2 Å². The van der Waals surface area contributed by atoms with Crippen LogP contribution in [0.1, 0.15) is 33.1 Å². The summed E-state index contributed by atoms with van der Waals surface area (Å²) in [6.07, 6.45) is 0.253. The van der Waals surface area contributed by atoms with E-state index in [1.165, 1.54) is 0 Å². The van der Waals surface area contributed by atoms with Crippen LogP contribution in [-0.2, 0) is 4.79 Å². The van der Waals surface area contributed by atoms with Crippen LogP contribution < -0.4 is 0 Å². The molecule has 3 aliphatic rings. The van der Waals surface area contributed by atoms with Crippen LogP contribution >= 0.6 is 0 Å². The highest BCUT2D eigenvalue weighted by Crippen LogP contribution is 2.66. The number of carbonyl (C=O) groups is 1. The van der Waals surface area contributed by atoms with Gasteiger partial charge in [0.25, 0.3) is 5.92 Å². The molecule has 15 heavy (non-hydrogen) atoms. The predicted octanol–water partition coefficient (Wildman–Crippen LogP) is 2.78. The van der Waals surface area contributed by atoms with Crippen LogP contribution in [0, 0.1) is 23.2 Å². The maximum atomic E-state index is 13.6. The molecule has 4 heteroatoms. The quantitative estimate of drug-likeness (QED) is 0.773. The molecule has 3 rings (SSSR count). The van der Waals surface area contributed by atoms with Crippen LogP contribution in [0.25, 0.3) is 0 Å². The molecule has 3 fully saturated rings. The van der Waals surface area contributed by atoms with Gasteiger partial charge < -0.3 is 5.11 Å². The lowest BCUT2D eigenvalue weighted by Gasteiger charge is -2.62. The van der Waals surface area contributed by atoms with Gasteiger partial charge >= 0.3 is 5.97 Å². The fourth-order valence-electron chi connectivity index (χ4n) is 3.34. The molecule has 2 nitrogen and oxygen atoms in total. The van der Waals surface area contributed by atoms with Crippen molar-refractivity contribution in [2.45, 2.75) is 39.0 Å². The van der Waals surface area contributed by atoms with E-state index in [0.717, 1.165) is 6.42 Å². The minimum absolute atomic E-state index is 0.0718. The monoisotopic (exact) mass is 218 g/mol. The number of hydrogen-bond acceptors (Lipinski definition) is 1.